The van der Waals surface area contributed by atoms with Gasteiger partial charge in [-0.2, -0.15) is 4.98 Å². The van der Waals surface area contributed by atoms with Crippen molar-refractivity contribution in [1.29, 1.82) is 0 Å². The molecule has 2 saturated heterocycles. The van der Waals surface area contributed by atoms with Crippen molar-refractivity contribution in [2.75, 3.05) is 31.1 Å². The lowest BCUT2D eigenvalue weighted by atomic mass is 10.0. The van der Waals surface area contributed by atoms with Crippen molar-refractivity contribution in [1.82, 2.24) is 15.5 Å². The molecule has 1 unspecified atom stereocenters. The molecule has 5 heteroatoms. The van der Waals surface area contributed by atoms with Crippen molar-refractivity contribution in [3.8, 4) is 0 Å². The zero-order valence-corrected chi connectivity index (χ0v) is 10.2. The summed E-state index contributed by atoms with van der Waals surface area (Å²) in [6.45, 7) is 4.46. The summed E-state index contributed by atoms with van der Waals surface area (Å²) in [7, 11) is 0. The Morgan fingerprint density at radius 1 is 1.35 bits per heavy atom. The third-order valence-electron chi connectivity index (χ3n) is 3.78. The monoisotopic (exact) mass is 236 g/mol. The third kappa shape index (κ3) is 2.60. The maximum atomic E-state index is 5.31. The Labute approximate surface area is 102 Å². The molecule has 0 radical (unpaired) electrons. The number of nitrogens with zero attached hydrogens (tertiary/aromatic N) is 3. The molecule has 0 aliphatic carbocycles. The van der Waals surface area contributed by atoms with E-state index in [1.165, 1.54) is 19.3 Å². The van der Waals surface area contributed by atoms with Crippen molar-refractivity contribution in [2.24, 2.45) is 5.92 Å². The molecule has 2 fully saturated rings. The quantitative estimate of drug-likeness (QED) is 0.851. The molecule has 2 aliphatic rings. The van der Waals surface area contributed by atoms with E-state index in [4.69, 9.17) is 4.52 Å². The Hall–Kier alpha value is -1.10. The first-order valence-electron chi connectivity index (χ1n) is 6.70. The second-order valence-electron chi connectivity index (χ2n) is 5.08. The molecule has 94 valence electrons. The van der Waals surface area contributed by atoms with Crippen LogP contribution in [0.5, 0.6) is 0 Å². The van der Waals surface area contributed by atoms with Gasteiger partial charge < -0.3 is 14.7 Å². The van der Waals surface area contributed by atoms with Crippen LogP contribution in [0.1, 0.15) is 31.6 Å². The smallest absolute Gasteiger partial charge is 0.266 e. The average Bonchev–Trinajstić information content (AvgIpc) is 3.09. The average molecular weight is 236 g/mol. The first kappa shape index (κ1) is 11.0. The maximum absolute atomic E-state index is 5.31. The molecule has 0 bridgehead atoms. The number of hydrogen-bond acceptors (Lipinski definition) is 5. The van der Waals surface area contributed by atoms with E-state index in [2.05, 4.69) is 20.4 Å². The van der Waals surface area contributed by atoms with Gasteiger partial charge in [0.1, 0.15) is 0 Å². The van der Waals surface area contributed by atoms with Crippen LogP contribution in [0.2, 0.25) is 0 Å². The lowest BCUT2D eigenvalue weighted by molar-refractivity contribution is 0.364. The number of hydrogen-bond donors (Lipinski definition) is 1. The molecule has 1 aromatic heterocycles. The van der Waals surface area contributed by atoms with Crippen LogP contribution < -0.4 is 10.2 Å². The molecule has 0 spiro atoms. The van der Waals surface area contributed by atoms with Crippen LogP contribution in [-0.4, -0.2) is 36.3 Å². The van der Waals surface area contributed by atoms with E-state index in [-0.39, 0.29) is 0 Å². The summed E-state index contributed by atoms with van der Waals surface area (Å²) in [5.74, 6) is 2.39. The highest BCUT2D eigenvalue weighted by Crippen LogP contribution is 2.19. The van der Waals surface area contributed by atoms with Gasteiger partial charge >= 0.3 is 0 Å². The van der Waals surface area contributed by atoms with Crippen molar-refractivity contribution < 1.29 is 4.52 Å². The molecule has 5 nitrogen and oxygen atoms in total. The molecule has 1 aromatic rings. The Kier molecular flexibility index (Phi) is 3.27. The fraction of sp³-hybridized carbons (Fsp3) is 0.833. The predicted molar refractivity (Wildman–Crippen MR) is 65.0 cm³/mol. The van der Waals surface area contributed by atoms with Crippen LogP contribution in [-0.2, 0) is 6.42 Å². The van der Waals surface area contributed by atoms with E-state index in [1.807, 2.05) is 0 Å². The molecule has 3 rings (SSSR count). The van der Waals surface area contributed by atoms with E-state index in [9.17, 15) is 0 Å². The summed E-state index contributed by atoms with van der Waals surface area (Å²) in [5, 5.41) is 7.45. The van der Waals surface area contributed by atoms with Crippen LogP contribution in [0.3, 0.4) is 0 Å². The molecule has 3 heterocycles. The normalized spacial score (nSPS) is 24.7. The van der Waals surface area contributed by atoms with Gasteiger partial charge in [-0.1, -0.05) is 0 Å². The Morgan fingerprint density at radius 2 is 2.24 bits per heavy atom. The van der Waals surface area contributed by atoms with Crippen molar-refractivity contribution in [3.63, 3.8) is 0 Å². The summed E-state index contributed by atoms with van der Waals surface area (Å²) in [6, 6.07) is 0. The predicted octanol–water partition coefficient (Wildman–Crippen LogP) is 1.21. The summed E-state index contributed by atoms with van der Waals surface area (Å²) in [5.41, 5.74) is 0. The second-order valence-corrected chi connectivity index (χ2v) is 5.08. The zero-order chi connectivity index (χ0) is 11.5. The molecule has 1 atom stereocenters. The second kappa shape index (κ2) is 5.04. The Morgan fingerprint density at radius 3 is 3.00 bits per heavy atom. The summed E-state index contributed by atoms with van der Waals surface area (Å²) < 4.78 is 5.31. The highest BCUT2D eigenvalue weighted by molar-refractivity contribution is 5.28. The first-order valence-corrected chi connectivity index (χ1v) is 6.70. The maximum Gasteiger partial charge on any atom is 0.266 e. The van der Waals surface area contributed by atoms with Crippen LogP contribution >= 0.6 is 0 Å². The van der Waals surface area contributed by atoms with E-state index in [1.54, 1.807) is 0 Å². The first-order chi connectivity index (χ1) is 8.42. The summed E-state index contributed by atoms with van der Waals surface area (Å²) in [4.78, 5) is 6.69. The van der Waals surface area contributed by atoms with E-state index >= 15 is 0 Å². The molecular weight excluding hydrogens is 216 g/mol. The van der Waals surface area contributed by atoms with Gasteiger partial charge in [-0.25, -0.2) is 0 Å². The molecule has 1 N–H and O–H groups in total. The molecule has 0 aromatic carbocycles. The van der Waals surface area contributed by atoms with Crippen LogP contribution in [0, 0.1) is 5.92 Å². The van der Waals surface area contributed by atoms with Gasteiger partial charge in [0.2, 0.25) is 5.89 Å². The fourth-order valence-corrected chi connectivity index (χ4v) is 2.68. The zero-order valence-electron chi connectivity index (χ0n) is 10.2. The van der Waals surface area contributed by atoms with Crippen molar-refractivity contribution in [2.45, 2.75) is 32.1 Å². The molecule has 0 amide bonds. The largest absolute Gasteiger partial charge is 0.338 e. The minimum atomic E-state index is 0.789. The van der Waals surface area contributed by atoms with Gasteiger partial charge in [-0.3, -0.25) is 0 Å². The van der Waals surface area contributed by atoms with E-state index in [0.29, 0.717) is 0 Å². The van der Waals surface area contributed by atoms with Gasteiger partial charge in [0.15, 0.2) is 0 Å². The van der Waals surface area contributed by atoms with E-state index < -0.39 is 0 Å². The lowest BCUT2D eigenvalue weighted by Crippen LogP contribution is -2.18. The number of anilines is 1. The minimum absolute atomic E-state index is 0.789. The number of aryl methyl sites for hydroxylation is 1. The number of rotatable bonds is 4. The standard InChI is InChI=1S/C12H20N4O/c1-2-8-16(7-1)12-14-11(17-15-12)4-3-10-5-6-13-9-10/h10,13H,1-9H2. The molecule has 17 heavy (non-hydrogen) atoms. The van der Waals surface area contributed by atoms with Crippen LogP contribution in [0.15, 0.2) is 4.52 Å². The lowest BCUT2D eigenvalue weighted by Gasteiger charge is -2.09. The van der Waals surface area contributed by atoms with Crippen molar-refractivity contribution in [3.05, 3.63) is 5.89 Å². The Balaban J connectivity index is 1.52. The molecular formula is C12H20N4O. The topological polar surface area (TPSA) is 54.2 Å². The van der Waals surface area contributed by atoms with Gasteiger partial charge in [0, 0.05) is 19.5 Å². The van der Waals surface area contributed by atoms with E-state index in [0.717, 1.165) is 56.8 Å². The third-order valence-corrected chi connectivity index (χ3v) is 3.78. The van der Waals surface area contributed by atoms with Crippen LogP contribution in [0.4, 0.5) is 5.95 Å². The minimum Gasteiger partial charge on any atom is -0.338 e. The molecule has 0 saturated carbocycles. The van der Waals surface area contributed by atoms with Gasteiger partial charge in [0.05, 0.1) is 0 Å². The number of aromatic nitrogens is 2. The van der Waals surface area contributed by atoms with Gasteiger partial charge in [-0.05, 0) is 49.8 Å². The highest BCUT2D eigenvalue weighted by atomic mass is 16.5. The van der Waals surface area contributed by atoms with Crippen molar-refractivity contribution >= 4 is 5.95 Å². The number of nitrogens with one attached hydrogen (secondary N) is 1. The fourth-order valence-electron chi connectivity index (χ4n) is 2.68. The SMILES string of the molecule is C1CCN(c2noc(CCC3CCNC3)n2)C1. The van der Waals surface area contributed by atoms with Gasteiger partial charge in [-0.15, -0.1) is 0 Å². The summed E-state index contributed by atoms with van der Waals surface area (Å²) in [6.07, 6.45) is 5.87. The highest BCUT2D eigenvalue weighted by Gasteiger charge is 2.19. The van der Waals surface area contributed by atoms with Crippen LogP contribution in [0.25, 0.3) is 0 Å². The summed E-state index contributed by atoms with van der Waals surface area (Å²) >= 11 is 0. The molecule has 2 aliphatic heterocycles. The Bertz CT molecular complexity index is 353. The van der Waals surface area contributed by atoms with Gasteiger partial charge in [0.25, 0.3) is 5.95 Å².